The van der Waals surface area contributed by atoms with Crippen molar-refractivity contribution in [2.45, 2.75) is 6.92 Å². The third kappa shape index (κ3) is 3.12. The van der Waals surface area contributed by atoms with Crippen LogP contribution in [0.15, 0.2) is 22.7 Å². The van der Waals surface area contributed by atoms with Crippen molar-refractivity contribution in [2.24, 2.45) is 0 Å². The number of esters is 1. The highest BCUT2D eigenvalue weighted by Crippen LogP contribution is 2.21. The van der Waals surface area contributed by atoms with Crippen LogP contribution >= 0.6 is 15.9 Å². The van der Waals surface area contributed by atoms with Crippen LogP contribution < -0.4 is 0 Å². The molecule has 0 atom stereocenters. The van der Waals surface area contributed by atoms with Gasteiger partial charge in [0.05, 0.1) is 12.7 Å². The standard InChI is InChI=1S/C9H9BrO2.CH4O/c1-6-4-3-5-7(8(6)10)9(11)12-2;1-2/h3-5H,1-2H3;2H,1H3. The molecular weight excluding hydrogens is 248 g/mol. The van der Waals surface area contributed by atoms with Gasteiger partial charge in [0.1, 0.15) is 0 Å². The van der Waals surface area contributed by atoms with Gasteiger partial charge in [0.15, 0.2) is 0 Å². The zero-order valence-corrected chi connectivity index (χ0v) is 9.96. The summed E-state index contributed by atoms with van der Waals surface area (Å²) in [5.74, 6) is -0.314. The van der Waals surface area contributed by atoms with E-state index in [0.29, 0.717) is 5.56 Å². The first-order valence-electron chi connectivity index (χ1n) is 3.95. The Bertz CT molecular complexity index is 310. The van der Waals surface area contributed by atoms with Gasteiger partial charge in [-0.1, -0.05) is 12.1 Å². The molecule has 0 amide bonds. The Morgan fingerprint density at radius 3 is 2.50 bits per heavy atom. The van der Waals surface area contributed by atoms with E-state index in [0.717, 1.165) is 17.1 Å². The maximum atomic E-state index is 11.1. The number of benzene rings is 1. The van der Waals surface area contributed by atoms with Crippen LogP contribution in [0.25, 0.3) is 0 Å². The van der Waals surface area contributed by atoms with E-state index < -0.39 is 0 Å². The van der Waals surface area contributed by atoms with Gasteiger partial charge in [-0.2, -0.15) is 0 Å². The number of carbonyl (C=O) groups excluding carboxylic acids is 1. The first-order valence-corrected chi connectivity index (χ1v) is 4.74. The average molecular weight is 261 g/mol. The second-order valence-electron chi connectivity index (χ2n) is 2.43. The molecule has 1 N–H and O–H groups in total. The fraction of sp³-hybridized carbons (Fsp3) is 0.300. The molecule has 14 heavy (non-hydrogen) atoms. The largest absolute Gasteiger partial charge is 0.465 e. The van der Waals surface area contributed by atoms with E-state index in [1.807, 2.05) is 19.1 Å². The van der Waals surface area contributed by atoms with Gasteiger partial charge < -0.3 is 9.84 Å². The van der Waals surface area contributed by atoms with Gasteiger partial charge >= 0.3 is 5.97 Å². The number of aryl methyl sites for hydroxylation is 1. The summed E-state index contributed by atoms with van der Waals surface area (Å²) in [5, 5.41) is 7.00. The fourth-order valence-corrected chi connectivity index (χ4v) is 1.34. The van der Waals surface area contributed by atoms with Crippen molar-refractivity contribution in [3.63, 3.8) is 0 Å². The Morgan fingerprint density at radius 2 is 2.00 bits per heavy atom. The molecule has 0 bridgehead atoms. The number of aliphatic hydroxyl groups is 1. The van der Waals surface area contributed by atoms with E-state index in [4.69, 9.17) is 5.11 Å². The second-order valence-corrected chi connectivity index (χ2v) is 3.22. The second kappa shape index (κ2) is 6.56. The number of carbonyl (C=O) groups is 1. The van der Waals surface area contributed by atoms with Gasteiger partial charge in [0.2, 0.25) is 0 Å². The first kappa shape index (κ1) is 13.1. The van der Waals surface area contributed by atoms with Crippen molar-refractivity contribution in [3.05, 3.63) is 33.8 Å². The van der Waals surface area contributed by atoms with E-state index in [-0.39, 0.29) is 5.97 Å². The van der Waals surface area contributed by atoms with Gasteiger partial charge in [-0.25, -0.2) is 4.79 Å². The molecular formula is C10H13BrO3. The van der Waals surface area contributed by atoms with E-state index in [9.17, 15) is 4.79 Å². The minimum atomic E-state index is -0.314. The van der Waals surface area contributed by atoms with Gasteiger partial charge in [-0.3, -0.25) is 0 Å². The lowest BCUT2D eigenvalue weighted by atomic mass is 10.1. The van der Waals surface area contributed by atoms with E-state index in [2.05, 4.69) is 20.7 Å². The molecule has 0 unspecified atom stereocenters. The molecule has 78 valence electrons. The van der Waals surface area contributed by atoms with Gasteiger partial charge in [0, 0.05) is 11.6 Å². The normalized spacial score (nSPS) is 8.64. The molecule has 3 nitrogen and oxygen atoms in total. The SMILES string of the molecule is CO.COC(=O)c1cccc(C)c1Br. The third-order valence-electron chi connectivity index (χ3n) is 1.60. The summed E-state index contributed by atoms with van der Waals surface area (Å²) in [6.45, 7) is 1.93. The lowest BCUT2D eigenvalue weighted by molar-refractivity contribution is 0.0599. The summed E-state index contributed by atoms with van der Waals surface area (Å²) in [6, 6.07) is 5.48. The van der Waals surface area contributed by atoms with Crippen LogP contribution in [0.4, 0.5) is 0 Å². The molecule has 0 aliphatic rings. The number of ether oxygens (including phenoxy) is 1. The number of hydrogen-bond donors (Lipinski definition) is 1. The van der Waals surface area contributed by atoms with Crippen LogP contribution in [0.5, 0.6) is 0 Å². The van der Waals surface area contributed by atoms with E-state index in [1.165, 1.54) is 7.11 Å². The lowest BCUT2D eigenvalue weighted by Crippen LogP contribution is -2.02. The molecule has 0 fully saturated rings. The summed E-state index contributed by atoms with van der Waals surface area (Å²) < 4.78 is 5.41. The first-order chi connectivity index (χ1) is 6.66. The molecule has 0 aromatic heterocycles. The van der Waals surface area contributed by atoms with Crippen molar-refractivity contribution in [2.75, 3.05) is 14.2 Å². The Balaban J connectivity index is 0.000000791. The van der Waals surface area contributed by atoms with Crippen molar-refractivity contribution in [1.29, 1.82) is 0 Å². The fourth-order valence-electron chi connectivity index (χ4n) is 0.915. The van der Waals surface area contributed by atoms with Crippen LogP contribution in [-0.2, 0) is 4.74 Å². The Hall–Kier alpha value is -0.870. The predicted molar refractivity (Wildman–Crippen MR) is 58.4 cm³/mol. The highest BCUT2D eigenvalue weighted by molar-refractivity contribution is 9.10. The zero-order chi connectivity index (χ0) is 11.1. The van der Waals surface area contributed by atoms with Crippen molar-refractivity contribution in [1.82, 2.24) is 0 Å². The van der Waals surface area contributed by atoms with Crippen LogP contribution in [0.1, 0.15) is 15.9 Å². The molecule has 0 spiro atoms. The Kier molecular flexibility index (Phi) is 6.16. The number of halogens is 1. The Labute approximate surface area is 91.8 Å². The molecule has 0 saturated heterocycles. The Morgan fingerprint density at radius 1 is 1.43 bits per heavy atom. The summed E-state index contributed by atoms with van der Waals surface area (Å²) in [7, 11) is 2.37. The summed E-state index contributed by atoms with van der Waals surface area (Å²) in [5.41, 5.74) is 1.59. The highest BCUT2D eigenvalue weighted by atomic mass is 79.9. The highest BCUT2D eigenvalue weighted by Gasteiger charge is 2.10. The predicted octanol–water partition coefficient (Wildman–Crippen LogP) is 2.15. The maximum absolute atomic E-state index is 11.1. The number of hydrogen-bond acceptors (Lipinski definition) is 3. The van der Waals surface area contributed by atoms with Crippen LogP contribution in [0.2, 0.25) is 0 Å². The van der Waals surface area contributed by atoms with Crippen LogP contribution in [0, 0.1) is 6.92 Å². The molecule has 0 heterocycles. The zero-order valence-electron chi connectivity index (χ0n) is 8.37. The third-order valence-corrected chi connectivity index (χ3v) is 2.65. The maximum Gasteiger partial charge on any atom is 0.339 e. The molecule has 1 aromatic carbocycles. The van der Waals surface area contributed by atoms with E-state index >= 15 is 0 Å². The minimum absolute atomic E-state index is 0.314. The number of aliphatic hydroxyl groups excluding tert-OH is 1. The van der Waals surface area contributed by atoms with Crippen molar-refractivity contribution < 1.29 is 14.6 Å². The number of rotatable bonds is 1. The van der Waals surface area contributed by atoms with Gasteiger partial charge in [0.25, 0.3) is 0 Å². The van der Waals surface area contributed by atoms with E-state index in [1.54, 1.807) is 6.07 Å². The van der Waals surface area contributed by atoms with Crippen LogP contribution in [0.3, 0.4) is 0 Å². The smallest absolute Gasteiger partial charge is 0.339 e. The quantitative estimate of drug-likeness (QED) is 0.788. The lowest BCUT2D eigenvalue weighted by Gasteiger charge is -2.03. The molecule has 1 aromatic rings. The minimum Gasteiger partial charge on any atom is -0.465 e. The summed E-state index contributed by atoms with van der Waals surface area (Å²) in [6.07, 6.45) is 0. The van der Waals surface area contributed by atoms with Crippen LogP contribution in [-0.4, -0.2) is 25.3 Å². The molecule has 0 aliphatic heterocycles. The molecule has 0 saturated carbocycles. The molecule has 0 radical (unpaired) electrons. The summed E-state index contributed by atoms with van der Waals surface area (Å²) in [4.78, 5) is 11.1. The molecule has 1 rings (SSSR count). The van der Waals surface area contributed by atoms with Crippen molar-refractivity contribution >= 4 is 21.9 Å². The summed E-state index contributed by atoms with van der Waals surface area (Å²) >= 11 is 3.32. The number of methoxy groups -OCH3 is 1. The van der Waals surface area contributed by atoms with Crippen molar-refractivity contribution in [3.8, 4) is 0 Å². The molecule has 4 heteroatoms. The van der Waals surface area contributed by atoms with Gasteiger partial charge in [-0.05, 0) is 34.5 Å². The monoisotopic (exact) mass is 260 g/mol. The topological polar surface area (TPSA) is 46.5 Å². The van der Waals surface area contributed by atoms with Gasteiger partial charge in [-0.15, -0.1) is 0 Å². The molecule has 0 aliphatic carbocycles. The average Bonchev–Trinajstić information content (AvgIpc) is 2.24.